The molecule has 1 fully saturated rings. The third kappa shape index (κ3) is 6.70. The van der Waals surface area contributed by atoms with Gasteiger partial charge in [0, 0.05) is 12.5 Å². The number of alkyl carbamates (subject to hydrolysis) is 1. The molecule has 1 saturated carbocycles. The van der Waals surface area contributed by atoms with Crippen molar-refractivity contribution in [2.24, 2.45) is 5.92 Å². The van der Waals surface area contributed by atoms with E-state index in [2.05, 4.69) is 17.6 Å². The van der Waals surface area contributed by atoms with Gasteiger partial charge in [0.2, 0.25) is 5.91 Å². The van der Waals surface area contributed by atoms with Gasteiger partial charge in [-0.25, -0.2) is 4.79 Å². The monoisotopic (exact) mass is 360 g/mol. The second-order valence-electron chi connectivity index (χ2n) is 8.27. The van der Waals surface area contributed by atoms with Crippen LogP contribution in [0.2, 0.25) is 0 Å². The van der Waals surface area contributed by atoms with Crippen molar-refractivity contribution >= 4 is 12.0 Å². The molecule has 0 spiro atoms. The van der Waals surface area contributed by atoms with E-state index in [-0.39, 0.29) is 11.9 Å². The molecule has 1 aliphatic carbocycles. The second kappa shape index (κ2) is 9.06. The molecule has 0 unspecified atom stereocenters. The summed E-state index contributed by atoms with van der Waals surface area (Å²) in [7, 11) is 0. The Balaban J connectivity index is 2.05. The molecule has 0 radical (unpaired) electrons. The first-order valence-electron chi connectivity index (χ1n) is 9.58. The largest absolute Gasteiger partial charge is 0.444 e. The number of carbonyl (C=O) groups is 2. The highest BCUT2D eigenvalue weighted by Gasteiger charge is 2.29. The standard InChI is InChI=1S/C21H32N2O3/c1-15-10-8-9-13-17(15)22-19(24)18(14-16-11-6-5-7-12-16)23-20(25)26-21(2,3)4/h5-7,11-12,15,17-18H,8-10,13-14H2,1-4H3,(H,22,24)(H,23,25)/t15-,17+,18+/m1/s1. The number of rotatable bonds is 5. The normalized spacial score (nSPS) is 21.5. The fraction of sp³-hybridized carbons (Fsp3) is 0.619. The molecule has 1 aromatic carbocycles. The molecule has 5 heteroatoms. The van der Waals surface area contributed by atoms with E-state index in [1.807, 2.05) is 51.1 Å². The van der Waals surface area contributed by atoms with Gasteiger partial charge >= 0.3 is 6.09 Å². The average Bonchev–Trinajstić information content (AvgIpc) is 2.55. The van der Waals surface area contributed by atoms with E-state index in [1.165, 1.54) is 6.42 Å². The Kier molecular flexibility index (Phi) is 7.06. The van der Waals surface area contributed by atoms with Crippen LogP contribution in [-0.4, -0.2) is 29.7 Å². The first-order valence-corrected chi connectivity index (χ1v) is 9.58. The smallest absolute Gasteiger partial charge is 0.408 e. The second-order valence-corrected chi connectivity index (χ2v) is 8.27. The van der Waals surface area contributed by atoms with E-state index in [0.717, 1.165) is 24.8 Å². The molecular weight excluding hydrogens is 328 g/mol. The topological polar surface area (TPSA) is 67.4 Å². The number of amides is 2. The third-order valence-corrected chi connectivity index (χ3v) is 4.73. The molecule has 2 amide bonds. The van der Waals surface area contributed by atoms with Crippen molar-refractivity contribution in [1.82, 2.24) is 10.6 Å². The van der Waals surface area contributed by atoms with E-state index in [1.54, 1.807) is 0 Å². The number of hydrogen-bond donors (Lipinski definition) is 2. The molecule has 1 aromatic rings. The zero-order valence-electron chi connectivity index (χ0n) is 16.4. The Morgan fingerprint density at radius 1 is 1.15 bits per heavy atom. The molecular formula is C21H32N2O3. The van der Waals surface area contributed by atoms with Crippen LogP contribution in [0.25, 0.3) is 0 Å². The predicted octanol–water partition coefficient (Wildman–Crippen LogP) is 3.82. The summed E-state index contributed by atoms with van der Waals surface area (Å²) in [5.41, 5.74) is 0.399. The molecule has 2 N–H and O–H groups in total. The quantitative estimate of drug-likeness (QED) is 0.839. The van der Waals surface area contributed by atoms with E-state index in [0.29, 0.717) is 12.3 Å². The van der Waals surface area contributed by atoms with Crippen molar-refractivity contribution in [2.45, 2.75) is 77.5 Å². The van der Waals surface area contributed by atoms with Crippen LogP contribution in [0.4, 0.5) is 4.79 Å². The molecule has 0 bridgehead atoms. The average molecular weight is 360 g/mol. The van der Waals surface area contributed by atoms with Gasteiger partial charge in [0.15, 0.2) is 0 Å². The van der Waals surface area contributed by atoms with Crippen molar-refractivity contribution in [3.05, 3.63) is 35.9 Å². The van der Waals surface area contributed by atoms with Gasteiger partial charge < -0.3 is 15.4 Å². The summed E-state index contributed by atoms with van der Waals surface area (Å²) in [6.45, 7) is 7.60. The molecule has 0 heterocycles. The minimum Gasteiger partial charge on any atom is -0.444 e. The first kappa shape index (κ1) is 20.3. The molecule has 0 saturated heterocycles. The minimum atomic E-state index is -0.652. The highest BCUT2D eigenvalue weighted by Crippen LogP contribution is 2.23. The molecule has 0 aliphatic heterocycles. The van der Waals surface area contributed by atoms with Crippen LogP contribution in [0.5, 0.6) is 0 Å². The van der Waals surface area contributed by atoms with Gasteiger partial charge in [-0.3, -0.25) is 4.79 Å². The van der Waals surface area contributed by atoms with Gasteiger partial charge in [0.1, 0.15) is 11.6 Å². The van der Waals surface area contributed by atoms with Crippen molar-refractivity contribution in [1.29, 1.82) is 0 Å². The molecule has 144 valence electrons. The zero-order chi connectivity index (χ0) is 19.2. The van der Waals surface area contributed by atoms with Crippen LogP contribution in [0, 0.1) is 5.92 Å². The Morgan fingerprint density at radius 2 is 1.81 bits per heavy atom. The van der Waals surface area contributed by atoms with Crippen LogP contribution in [0.1, 0.15) is 58.9 Å². The van der Waals surface area contributed by atoms with Crippen molar-refractivity contribution in [2.75, 3.05) is 0 Å². The van der Waals surface area contributed by atoms with E-state index < -0.39 is 17.7 Å². The Labute approximate surface area is 156 Å². The van der Waals surface area contributed by atoms with Crippen LogP contribution in [-0.2, 0) is 16.0 Å². The summed E-state index contributed by atoms with van der Waals surface area (Å²) < 4.78 is 5.34. The predicted molar refractivity (Wildman–Crippen MR) is 103 cm³/mol. The van der Waals surface area contributed by atoms with E-state index >= 15 is 0 Å². The molecule has 0 aromatic heterocycles. The Hall–Kier alpha value is -2.04. The summed E-state index contributed by atoms with van der Waals surface area (Å²) in [5.74, 6) is 0.324. The van der Waals surface area contributed by atoms with Crippen molar-refractivity contribution < 1.29 is 14.3 Å². The lowest BCUT2D eigenvalue weighted by molar-refractivity contribution is -0.124. The van der Waals surface area contributed by atoms with Crippen LogP contribution in [0.3, 0.4) is 0 Å². The van der Waals surface area contributed by atoms with E-state index in [9.17, 15) is 9.59 Å². The lowest BCUT2D eigenvalue weighted by Crippen LogP contribution is -2.53. The summed E-state index contributed by atoms with van der Waals surface area (Å²) in [5, 5.41) is 5.90. The highest BCUT2D eigenvalue weighted by molar-refractivity contribution is 5.86. The van der Waals surface area contributed by atoms with Crippen LogP contribution < -0.4 is 10.6 Å². The summed E-state index contributed by atoms with van der Waals surface area (Å²) in [4.78, 5) is 25.1. The Morgan fingerprint density at radius 3 is 2.42 bits per heavy atom. The fourth-order valence-corrected chi connectivity index (χ4v) is 3.32. The van der Waals surface area contributed by atoms with Crippen molar-refractivity contribution in [3.8, 4) is 0 Å². The molecule has 3 atom stereocenters. The van der Waals surface area contributed by atoms with Gasteiger partial charge in [-0.05, 0) is 45.1 Å². The number of ether oxygens (including phenoxy) is 1. The third-order valence-electron chi connectivity index (χ3n) is 4.73. The zero-order valence-corrected chi connectivity index (χ0v) is 16.4. The highest BCUT2D eigenvalue weighted by atomic mass is 16.6. The van der Waals surface area contributed by atoms with Crippen molar-refractivity contribution in [3.63, 3.8) is 0 Å². The van der Waals surface area contributed by atoms with Gasteiger partial charge in [-0.1, -0.05) is 50.1 Å². The lowest BCUT2D eigenvalue weighted by Gasteiger charge is -2.31. The lowest BCUT2D eigenvalue weighted by atomic mass is 9.85. The number of carbonyl (C=O) groups excluding carboxylic acids is 2. The van der Waals surface area contributed by atoms with E-state index in [4.69, 9.17) is 4.74 Å². The van der Waals surface area contributed by atoms with Crippen LogP contribution >= 0.6 is 0 Å². The van der Waals surface area contributed by atoms with Gasteiger partial charge in [-0.2, -0.15) is 0 Å². The number of benzene rings is 1. The minimum absolute atomic E-state index is 0.140. The SMILES string of the molecule is C[C@@H]1CCCC[C@@H]1NC(=O)[C@H](Cc1ccccc1)NC(=O)OC(C)(C)C. The maximum Gasteiger partial charge on any atom is 0.408 e. The summed E-state index contributed by atoms with van der Waals surface area (Å²) in [6.07, 6.45) is 4.36. The number of hydrogen-bond acceptors (Lipinski definition) is 3. The van der Waals surface area contributed by atoms with Gasteiger partial charge in [0.05, 0.1) is 0 Å². The maximum atomic E-state index is 12.9. The molecule has 2 rings (SSSR count). The summed E-state index contributed by atoms with van der Waals surface area (Å²) in [6, 6.07) is 9.24. The maximum absolute atomic E-state index is 12.9. The molecule has 5 nitrogen and oxygen atoms in total. The van der Waals surface area contributed by atoms with Gasteiger partial charge in [0.25, 0.3) is 0 Å². The summed E-state index contributed by atoms with van der Waals surface area (Å²) >= 11 is 0. The molecule has 1 aliphatic rings. The molecule has 26 heavy (non-hydrogen) atoms. The first-order chi connectivity index (χ1) is 12.2. The van der Waals surface area contributed by atoms with Crippen LogP contribution in [0.15, 0.2) is 30.3 Å². The number of nitrogens with one attached hydrogen (secondary N) is 2. The van der Waals surface area contributed by atoms with Gasteiger partial charge in [-0.15, -0.1) is 0 Å². The fourth-order valence-electron chi connectivity index (χ4n) is 3.32. The Bertz CT molecular complexity index is 595.